The lowest BCUT2D eigenvalue weighted by atomic mass is 10.1. The summed E-state index contributed by atoms with van der Waals surface area (Å²) < 4.78 is 0. The van der Waals surface area contributed by atoms with Crippen LogP contribution in [-0.4, -0.2) is 22.6 Å². The fourth-order valence-corrected chi connectivity index (χ4v) is 1.70. The lowest BCUT2D eigenvalue weighted by Crippen LogP contribution is -2.24. The molecule has 0 saturated heterocycles. The van der Waals surface area contributed by atoms with E-state index in [0.717, 1.165) is 0 Å². The van der Waals surface area contributed by atoms with Gasteiger partial charge in [0.2, 0.25) is 0 Å². The number of nitrogens with zero attached hydrogens (tertiary/aromatic N) is 2. The highest BCUT2D eigenvalue weighted by Crippen LogP contribution is 2.07. The van der Waals surface area contributed by atoms with E-state index in [0.29, 0.717) is 24.6 Å². The zero-order valence-electron chi connectivity index (χ0n) is 11.7. The molecule has 0 fully saturated rings. The molecule has 1 heterocycles. The summed E-state index contributed by atoms with van der Waals surface area (Å²) in [6, 6.07) is 11.7. The van der Waals surface area contributed by atoms with Crippen LogP contribution in [-0.2, 0) is 6.54 Å². The van der Waals surface area contributed by atoms with Gasteiger partial charge in [-0.3, -0.25) is 4.79 Å². The number of aryl methyl sites for hydroxylation is 1. The SMILES string of the molecule is CCNC(=O)c1ccc(NCc2ccc(C)cc2)nn1. The average molecular weight is 270 g/mol. The monoisotopic (exact) mass is 270 g/mol. The van der Waals surface area contributed by atoms with Crippen molar-refractivity contribution in [3.05, 3.63) is 53.2 Å². The smallest absolute Gasteiger partial charge is 0.271 e. The van der Waals surface area contributed by atoms with Crippen molar-refractivity contribution in [3.63, 3.8) is 0 Å². The number of hydrogen-bond donors (Lipinski definition) is 2. The maximum absolute atomic E-state index is 11.5. The lowest BCUT2D eigenvalue weighted by molar-refractivity contribution is 0.0950. The molecule has 5 heteroatoms. The van der Waals surface area contributed by atoms with Crippen LogP contribution in [0.15, 0.2) is 36.4 Å². The van der Waals surface area contributed by atoms with E-state index in [1.54, 1.807) is 12.1 Å². The van der Waals surface area contributed by atoms with Crippen molar-refractivity contribution in [2.75, 3.05) is 11.9 Å². The summed E-state index contributed by atoms with van der Waals surface area (Å²) in [6.07, 6.45) is 0. The van der Waals surface area contributed by atoms with Gasteiger partial charge in [0.1, 0.15) is 5.82 Å². The molecule has 0 spiro atoms. The molecular formula is C15H18N4O. The first-order valence-electron chi connectivity index (χ1n) is 6.60. The predicted octanol–water partition coefficient (Wildman–Crippen LogP) is 2.15. The molecule has 0 atom stereocenters. The average Bonchev–Trinajstić information content (AvgIpc) is 2.47. The van der Waals surface area contributed by atoms with Crippen LogP contribution in [0.2, 0.25) is 0 Å². The molecule has 2 aromatic rings. The highest BCUT2D eigenvalue weighted by molar-refractivity contribution is 5.92. The van der Waals surface area contributed by atoms with Crippen LogP contribution >= 0.6 is 0 Å². The topological polar surface area (TPSA) is 66.9 Å². The maximum atomic E-state index is 11.5. The van der Waals surface area contributed by atoms with Crippen molar-refractivity contribution in [2.24, 2.45) is 0 Å². The molecule has 0 aliphatic carbocycles. The minimum atomic E-state index is -0.204. The second-order valence-corrected chi connectivity index (χ2v) is 4.50. The van der Waals surface area contributed by atoms with Gasteiger partial charge in [-0.05, 0) is 31.5 Å². The van der Waals surface area contributed by atoms with Gasteiger partial charge < -0.3 is 10.6 Å². The summed E-state index contributed by atoms with van der Waals surface area (Å²) in [4.78, 5) is 11.5. The highest BCUT2D eigenvalue weighted by Gasteiger charge is 2.06. The van der Waals surface area contributed by atoms with Crippen molar-refractivity contribution in [3.8, 4) is 0 Å². The summed E-state index contributed by atoms with van der Waals surface area (Å²) in [6.45, 7) is 5.18. The third-order valence-corrected chi connectivity index (χ3v) is 2.83. The maximum Gasteiger partial charge on any atom is 0.271 e. The van der Waals surface area contributed by atoms with Gasteiger partial charge in [0, 0.05) is 13.1 Å². The van der Waals surface area contributed by atoms with Crippen LogP contribution in [0.25, 0.3) is 0 Å². The molecule has 5 nitrogen and oxygen atoms in total. The van der Waals surface area contributed by atoms with E-state index in [-0.39, 0.29) is 5.91 Å². The van der Waals surface area contributed by atoms with Gasteiger partial charge >= 0.3 is 0 Å². The first-order chi connectivity index (χ1) is 9.69. The van der Waals surface area contributed by atoms with E-state index >= 15 is 0 Å². The Kier molecular flexibility index (Phi) is 4.65. The summed E-state index contributed by atoms with van der Waals surface area (Å²) in [5.74, 6) is 0.448. The molecule has 20 heavy (non-hydrogen) atoms. The van der Waals surface area contributed by atoms with Gasteiger partial charge in [0.25, 0.3) is 5.91 Å². The van der Waals surface area contributed by atoms with Crippen LogP contribution in [0.3, 0.4) is 0 Å². The number of anilines is 1. The largest absolute Gasteiger partial charge is 0.365 e. The molecule has 104 valence electrons. The molecule has 1 aromatic heterocycles. The second kappa shape index (κ2) is 6.65. The molecule has 2 rings (SSSR count). The number of nitrogens with one attached hydrogen (secondary N) is 2. The molecule has 0 bridgehead atoms. The first-order valence-corrected chi connectivity index (χ1v) is 6.60. The number of carbonyl (C=O) groups is 1. The molecular weight excluding hydrogens is 252 g/mol. The van der Waals surface area contributed by atoms with Crippen molar-refractivity contribution >= 4 is 11.7 Å². The third-order valence-electron chi connectivity index (χ3n) is 2.83. The van der Waals surface area contributed by atoms with Crippen LogP contribution < -0.4 is 10.6 Å². The summed E-state index contributed by atoms with van der Waals surface area (Å²) in [7, 11) is 0. The van der Waals surface area contributed by atoms with Crippen LogP contribution in [0, 0.1) is 6.92 Å². The van der Waals surface area contributed by atoms with Crippen molar-refractivity contribution in [1.29, 1.82) is 0 Å². The van der Waals surface area contributed by atoms with Crippen LogP contribution in [0.4, 0.5) is 5.82 Å². The lowest BCUT2D eigenvalue weighted by Gasteiger charge is -2.06. The zero-order valence-corrected chi connectivity index (χ0v) is 11.7. The fraction of sp³-hybridized carbons (Fsp3) is 0.267. The van der Waals surface area contributed by atoms with Gasteiger partial charge in [0.15, 0.2) is 5.69 Å². The van der Waals surface area contributed by atoms with Gasteiger partial charge in [-0.15, -0.1) is 10.2 Å². The number of rotatable bonds is 5. The minimum absolute atomic E-state index is 0.204. The van der Waals surface area contributed by atoms with Crippen LogP contribution in [0.1, 0.15) is 28.5 Å². The number of hydrogen-bond acceptors (Lipinski definition) is 4. The molecule has 0 saturated carbocycles. The number of carbonyl (C=O) groups excluding carboxylic acids is 1. The number of benzene rings is 1. The normalized spacial score (nSPS) is 10.1. The van der Waals surface area contributed by atoms with E-state index in [1.165, 1.54) is 11.1 Å². The Morgan fingerprint density at radius 3 is 2.45 bits per heavy atom. The highest BCUT2D eigenvalue weighted by atomic mass is 16.1. The minimum Gasteiger partial charge on any atom is -0.365 e. The van der Waals surface area contributed by atoms with Crippen LogP contribution in [0.5, 0.6) is 0 Å². The predicted molar refractivity (Wildman–Crippen MR) is 78.5 cm³/mol. The summed E-state index contributed by atoms with van der Waals surface area (Å²) in [5.41, 5.74) is 2.73. The standard InChI is InChI=1S/C15H18N4O/c1-3-16-15(20)13-8-9-14(19-18-13)17-10-12-6-4-11(2)5-7-12/h4-9H,3,10H2,1-2H3,(H,16,20)(H,17,19). The Balaban J connectivity index is 1.93. The Morgan fingerprint density at radius 2 is 1.85 bits per heavy atom. The van der Waals surface area contributed by atoms with Gasteiger partial charge in [-0.2, -0.15) is 0 Å². The first kappa shape index (κ1) is 14.0. The summed E-state index contributed by atoms with van der Waals surface area (Å²) >= 11 is 0. The van der Waals surface area contributed by atoms with Crippen molar-refractivity contribution in [1.82, 2.24) is 15.5 Å². The molecule has 1 aromatic carbocycles. The molecule has 2 N–H and O–H groups in total. The second-order valence-electron chi connectivity index (χ2n) is 4.50. The summed E-state index contributed by atoms with van der Waals surface area (Å²) in [5, 5.41) is 13.7. The Morgan fingerprint density at radius 1 is 1.10 bits per heavy atom. The molecule has 0 unspecified atom stereocenters. The van der Waals surface area contributed by atoms with Crippen molar-refractivity contribution < 1.29 is 4.79 Å². The quantitative estimate of drug-likeness (QED) is 0.873. The van der Waals surface area contributed by atoms with Crippen molar-refractivity contribution in [2.45, 2.75) is 20.4 Å². The fourth-order valence-electron chi connectivity index (χ4n) is 1.70. The number of amides is 1. The Labute approximate surface area is 118 Å². The molecule has 0 aliphatic heterocycles. The molecule has 1 amide bonds. The van der Waals surface area contributed by atoms with E-state index in [2.05, 4.69) is 52.0 Å². The molecule has 0 aliphatic rings. The Hall–Kier alpha value is -2.43. The van der Waals surface area contributed by atoms with E-state index in [4.69, 9.17) is 0 Å². The zero-order chi connectivity index (χ0) is 14.4. The molecule has 0 radical (unpaired) electrons. The van der Waals surface area contributed by atoms with Gasteiger partial charge in [-0.1, -0.05) is 29.8 Å². The van der Waals surface area contributed by atoms with Gasteiger partial charge in [0.05, 0.1) is 0 Å². The Bertz CT molecular complexity index is 563. The van der Waals surface area contributed by atoms with Gasteiger partial charge in [-0.25, -0.2) is 0 Å². The van der Waals surface area contributed by atoms with E-state index in [9.17, 15) is 4.79 Å². The van der Waals surface area contributed by atoms with E-state index < -0.39 is 0 Å². The third kappa shape index (κ3) is 3.78. The number of aromatic nitrogens is 2. The van der Waals surface area contributed by atoms with E-state index in [1.807, 2.05) is 6.92 Å².